The summed E-state index contributed by atoms with van der Waals surface area (Å²) in [6.45, 7) is 1.95. The molecule has 98 valence electrons. The van der Waals surface area contributed by atoms with E-state index in [1.807, 2.05) is 19.1 Å². The molecule has 0 spiro atoms. The van der Waals surface area contributed by atoms with Crippen LogP contribution in [0.25, 0.3) is 0 Å². The summed E-state index contributed by atoms with van der Waals surface area (Å²) in [5, 5.41) is 0.974. The molecule has 0 aromatic heterocycles. The Labute approximate surface area is 127 Å². The molecule has 0 aliphatic heterocycles. The maximum Gasteiger partial charge on any atom is 0.146 e. The van der Waals surface area contributed by atoms with Crippen LogP contribution in [0.1, 0.15) is 11.1 Å². The summed E-state index contributed by atoms with van der Waals surface area (Å²) in [5.41, 5.74) is 7.23. The number of thiocarbonyl (C=S) groups is 1. The maximum absolute atomic E-state index is 6.13. The number of benzene rings is 2. The Morgan fingerprint density at radius 1 is 1.11 bits per heavy atom. The van der Waals surface area contributed by atoms with E-state index in [9.17, 15) is 0 Å². The van der Waals surface area contributed by atoms with Gasteiger partial charge in [-0.3, -0.25) is 0 Å². The van der Waals surface area contributed by atoms with E-state index in [1.165, 1.54) is 0 Å². The van der Waals surface area contributed by atoms with Gasteiger partial charge in [0.05, 0.1) is 15.6 Å². The number of ether oxygens (including phenoxy) is 1. The predicted molar refractivity (Wildman–Crippen MR) is 83.6 cm³/mol. The van der Waals surface area contributed by atoms with E-state index in [4.69, 9.17) is 45.9 Å². The molecule has 0 unspecified atom stereocenters. The molecule has 0 amide bonds. The van der Waals surface area contributed by atoms with Crippen LogP contribution in [-0.2, 0) is 0 Å². The second-order valence-corrected chi connectivity index (χ2v) is 5.27. The highest BCUT2D eigenvalue weighted by atomic mass is 35.5. The molecule has 0 aliphatic rings. The summed E-state index contributed by atoms with van der Waals surface area (Å²) in [4.78, 5) is 0.184. The first-order chi connectivity index (χ1) is 8.99. The van der Waals surface area contributed by atoms with Crippen molar-refractivity contribution in [3.63, 3.8) is 0 Å². The van der Waals surface area contributed by atoms with Crippen LogP contribution in [0.15, 0.2) is 36.4 Å². The van der Waals surface area contributed by atoms with Crippen molar-refractivity contribution in [2.45, 2.75) is 6.92 Å². The van der Waals surface area contributed by atoms with E-state index < -0.39 is 0 Å². The number of nitrogens with two attached hydrogens (primary N) is 1. The topological polar surface area (TPSA) is 35.2 Å². The molecule has 0 bridgehead atoms. The maximum atomic E-state index is 6.13. The minimum absolute atomic E-state index is 0.184. The Balaban J connectivity index is 2.44. The van der Waals surface area contributed by atoms with Crippen molar-refractivity contribution in [3.8, 4) is 11.5 Å². The van der Waals surface area contributed by atoms with Gasteiger partial charge in [0.25, 0.3) is 0 Å². The van der Waals surface area contributed by atoms with E-state index in [1.54, 1.807) is 24.3 Å². The Bertz CT molecular complexity index is 643. The normalized spacial score (nSPS) is 10.3. The van der Waals surface area contributed by atoms with Crippen molar-refractivity contribution >= 4 is 40.4 Å². The molecule has 2 N–H and O–H groups in total. The highest BCUT2D eigenvalue weighted by Gasteiger charge is 2.13. The minimum atomic E-state index is 0.184. The first kappa shape index (κ1) is 14.1. The van der Waals surface area contributed by atoms with Gasteiger partial charge in [-0.2, -0.15) is 0 Å². The van der Waals surface area contributed by atoms with Crippen LogP contribution < -0.4 is 10.5 Å². The number of hydrogen-bond acceptors (Lipinski definition) is 2. The van der Waals surface area contributed by atoms with Crippen molar-refractivity contribution < 1.29 is 4.74 Å². The van der Waals surface area contributed by atoms with Crippen LogP contribution >= 0.6 is 35.4 Å². The van der Waals surface area contributed by atoms with Gasteiger partial charge in [-0.1, -0.05) is 47.6 Å². The molecule has 0 radical (unpaired) electrons. The van der Waals surface area contributed by atoms with Crippen LogP contribution in [0.2, 0.25) is 10.0 Å². The molecule has 2 rings (SSSR count). The van der Waals surface area contributed by atoms with Gasteiger partial charge in [-0.15, -0.1) is 0 Å². The highest BCUT2D eigenvalue weighted by Crippen LogP contribution is 2.34. The summed E-state index contributed by atoms with van der Waals surface area (Å²) in [6, 6.07) is 10.7. The van der Waals surface area contributed by atoms with Gasteiger partial charge in [0.2, 0.25) is 0 Å². The van der Waals surface area contributed by atoms with E-state index in [2.05, 4.69) is 0 Å². The number of hydrogen-bond donors (Lipinski definition) is 1. The Hall–Kier alpha value is -1.29. The average molecular weight is 312 g/mol. The van der Waals surface area contributed by atoms with E-state index in [0.29, 0.717) is 27.1 Å². The summed E-state index contributed by atoms with van der Waals surface area (Å²) >= 11 is 17.2. The Morgan fingerprint density at radius 3 is 2.47 bits per heavy atom. The minimum Gasteiger partial charge on any atom is -0.455 e. The molecule has 0 heterocycles. The SMILES string of the molecule is Cc1ccc(Oc2cccc(Cl)c2C(N)=S)c(Cl)c1. The molecule has 19 heavy (non-hydrogen) atoms. The lowest BCUT2D eigenvalue weighted by Crippen LogP contribution is -2.11. The second-order valence-electron chi connectivity index (χ2n) is 4.01. The fraction of sp³-hybridized carbons (Fsp3) is 0.0714. The summed E-state index contributed by atoms with van der Waals surface area (Å²) in [5.74, 6) is 1.03. The molecule has 0 atom stereocenters. The second kappa shape index (κ2) is 5.78. The van der Waals surface area contributed by atoms with Gasteiger partial charge < -0.3 is 10.5 Å². The molecular formula is C14H11Cl2NOS. The summed E-state index contributed by atoms with van der Waals surface area (Å²) in [6.07, 6.45) is 0. The Morgan fingerprint density at radius 2 is 1.84 bits per heavy atom. The summed E-state index contributed by atoms with van der Waals surface area (Å²) < 4.78 is 5.75. The molecule has 0 fully saturated rings. The number of aryl methyl sites for hydroxylation is 1. The third-order valence-electron chi connectivity index (χ3n) is 2.53. The zero-order valence-corrected chi connectivity index (χ0v) is 12.4. The lowest BCUT2D eigenvalue weighted by molar-refractivity contribution is 0.482. The van der Waals surface area contributed by atoms with Crippen molar-refractivity contribution in [3.05, 3.63) is 57.6 Å². The third-order valence-corrected chi connectivity index (χ3v) is 3.34. The molecule has 2 aromatic carbocycles. The number of halogens is 2. The molecule has 0 saturated carbocycles. The average Bonchev–Trinajstić information content (AvgIpc) is 2.32. The molecule has 2 nitrogen and oxygen atoms in total. The van der Waals surface area contributed by atoms with Crippen LogP contribution in [0.3, 0.4) is 0 Å². The van der Waals surface area contributed by atoms with Crippen LogP contribution in [0.4, 0.5) is 0 Å². The largest absolute Gasteiger partial charge is 0.455 e. The fourth-order valence-electron chi connectivity index (χ4n) is 1.64. The molecule has 0 aliphatic carbocycles. The quantitative estimate of drug-likeness (QED) is 0.832. The standard InChI is InChI=1S/C14H11Cl2NOS/c1-8-5-6-11(10(16)7-8)18-12-4-2-3-9(15)13(12)14(17)19/h2-7H,1H3,(H2,17,19). The number of rotatable bonds is 3. The van der Waals surface area contributed by atoms with Gasteiger partial charge in [0.15, 0.2) is 0 Å². The monoisotopic (exact) mass is 311 g/mol. The fourth-order valence-corrected chi connectivity index (χ4v) is 2.44. The van der Waals surface area contributed by atoms with Gasteiger partial charge in [-0.25, -0.2) is 0 Å². The van der Waals surface area contributed by atoms with Gasteiger partial charge in [-0.05, 0) is 36.8 Å². The predicted octanol–water partition coefficient (Wildman–Crippen LogP) is 4.73. The first-order valence-corrected chi connectivity index (χ1v) is 6.68. The first-order valence-electron chi connectivity index (χ1n) is 5.51. The molecular weight excluding hydrogens is 301 g/mol. The van der Waals surface area contributed by atoms with Crippen molar-refractivity contribution in [1.29, 1.82) is 0 Å². The van der Waals surface area contributed by atoms with Crippen LogP contribution in [-0.4, -0.2) is 4.99 Å². The molecule has 0 saturated heterocycles. The lowest BCUT2D eigenvalue weighted by Gasteiger charge is -2.12. The van der Waals surface area contributed by atoms with Crippen molar-refractivity contribution in [2.75, 3.05) is 0 Å². The molecule has 5 heteroatoms. The third kappa shape index (κ3) is 3.18. The van der Waals surface area contributed by atoms with Crippen LogP contribution in [0.5, 0.6) is 11.5 Å². The van der Waals surface area contributed by atoms with E-state index in [0.717, 1.165) is 5.56 Å². The van der Waals surface area contributed by atoms with Gasteiger partial charge in [0, 0.05) is 0 Å². The van der Waals surface area contributed by atoms with Crippen molar-refractivity contribution in [2.24, 2.45) is 5.73 Å². The van der Waals surface area contributed by atoms with Gasteiger partial charge >= 0.3 is 0 Å². The van der Waals surface area contributed by atoms with E-state index in [-0.39, 0.29) is 4.99 Å². The highest BCUT2D eigenvalue weighted by molar-refractivity contribution is 7.80. The smallest absolute Gasteiger partial charge is 0.146 e. The van der Waals surface area contributed by atoms with Gasteiger partial charge in [0.1, 0.15) is 16.5 Å². The Kier molecular flexibility index (Phi) is 4.30. The van der Waals surface area contributed by atoms with Crippen molar-refractivity contribution in [1.82, 2.24) is 0 Å². The molecule has 2 aromatic rings. The summed E-state index contributed by atoms with van der Waals surface area (Å²) in [7, 11) is 0. The zero-order valence-electron chi connectivity index (χ0n) is 10.1. The lowest BCUT2D eigenvalue weighted by atomic mass is 10.2. The zero-order chi connectivity index (χ0) is 14.0. The van der Waals surface area contributed by atoms with E-state index >= 15 is 0 Å². The van der Waals surface area contributed by atoms with Crippen LogP contribution in [0, 0.1) is 6.92 Å².